The number of nitrogens with two attached hydrogens (primary N) is 2. The molecule has 1 heterocycles. The molecule has 0 aromatic heterocycles. The minimum Gasteiger partial charge on any atom is -0.368 e. The van der Waals surface area contributed by atoms with Crippen molar-refractivity contribution in [2.24, 2.45) is 11.5 Å². The SMILES string of the molecule is NC(=O)C1CCCCN1C(=O)CC1(N)CCC1. The standard InChI is InChI=1S/C12H21N3O2/c13-11(17)9-4-1-2-7-15(9)10(16)8-12(14)5-3-6-12/h9H,1-8,14H2,(H2,13,17). The summed E-state index contributed by atoms with van der Waals surface area (Å²) in [6.45, 7) is 0.641. The van der Waals surface area contributed by atoms with E-state index in [1.807, 2.05) is 0 Å². The lowest BCUT2D eigenvalue weighted by atomic mass is 9.75. The molecule has 96 valence electrons. The Bertz CT molecular complexity index is 326. The lowest BCUT2D eigenvalue weighted by Crippen LogP contribution is -2.55. The fraction of sp³-hybridized carbons (Fsp3) is 0.833. The molecule has 2 amide bonds. The summed E-state index contributed by atoms with van der Waals surface area (Å²) in [5, 5.41) is 0. The number of hydrogen-bond acceptors (Lipinski definition) is 3. The monoisotopic (exact) mass is 239 g/mol. The Morgan fingerprint density at radius 3 is 2.47 bits per heavy atom. The van der Waals surface area contributed by atoms with E-state index in [0.717, 1.165) is 32.1 Å². The highest BCUT2D eigenvalue weighted by molar-refractivity contribution is 5.87. The van der Waals surface area contributed by atoms with E-state index in [4.69, 9.17) is 11.5 Å². The predicted molar refractivity (Wildman–Crippen MR) is 63.9 cm³/mol. The van der Waals surface area contributed by atoms with Crippen LogP contribution >= 0.6 is 0 Å². The lowest BCUT2D eigenvalue weighted by molar-refractivity contribution is -0.142. The van der Waals surface area contributed by atoms with Crippen LogP contribution in [0.3, 0.4) is 0 Å². The van der Waals surface area contributed by atoms with Gasteiger partial charge in [0, 0.05) is 18.5 Å². The summed E-state index contributed by atoms with van der Waals surface area (Å²) >= 11 is 0. The van der Waals surface area contributed by atoms with Gasteiger partial charge in [0.05, 0.1) is 0 Å². The van der Waals surface area contributed by atoms with Crippen LogP contribution < -0.4 is 11.5 Å². The second kappa shape index (κ2) is 4.64. The maximum absolute atomic E-state index is 12.2. The normalized spacial score (nSPS) is 27.4. The molecule has 2 fully saturated rings. The number of carbonyl (C=O) groups is 2. The van der Waals surface area contributed by atoms with Crippen LogP contribution in [0.25, 0.3) is 0 Å². The van der Waals surface area contributed by atoms with Crippen LogP contribution in [0.1, 0.15) is 44.9 Å². The van der Waals surface area contributed by atoms with Gasteiger partial charge in [-0.3, -0.25) is 9.59 Å². The largest absolute Gasteiger partial charge is 0.368 e. The number of carbonyl (C=O) groups excluding carboxylic acids is 2. The van der Waals surface area contributed by atoms with E-state index in [1.165, 1.54) is 0 Å². The van der Waals surface area contributed by atoms with Gasteiger partial charge in [-0.05, 0) is 38.5 Å². The number of nitrogens with zero attached hydrogens (tertiary/aromatic N) is 1. The third-order valence-electron chi connectivity index (χ3n) is 4.00. The van der Waals surface area contributed by atoms with Crippen LogP contribution in [-0.2, 0) is 9.59 Å². The van der Waals surface area contributed by atoms with Crippen LogP contribution in [-0.4, -0.2) is 34.8 Å². The Morgan fingerprint density at radius 1 is 1.24 bits per heavy atom. The van der Waals surface area contributed by atoms with Crippen molar-refractivity contribution in [1.82, 2.24) is 4.90 Å². The number of piperidine rings is 1. The van der Waals surface area contributed by atoms with Crippen molar-refractivity contribution in [1.29, 1.82) is 0 Å². The van der Waals surface area contributed by atoms with Crippen molar-refractivity contribution in [3.05, 3.63) is 0 Å². The molecule has 0 bridgehead atoms. The zero-order valence-electron chi connectivity index (χ0n) is 10.2. The minimum atomic E-state index is -0.417. The van der Waals surface area contributed by atoms with Crippen molar-refractivity contribution in [2.75, 3.05) is 6.54 Å². The lowest BCUT2D eigenvalue weighted by Gasteiger charge is -2.41. The minimum absolute atomic E-state index is 0.00398. The molecular weight excluding hydrogens is 218 g/mol. The summed E-state index contributed by atoms with van der Waals surface area (Å²) < 4.78 is 0. The molecule has 2 rings (SSSR count). The number of amides is 2. The fourth-order valence-corrected chi connectivity index (χ4v) is 2.74. The van der Waals surface area contributed by atoms with Gasteiger partial charge in [0.15, 0.2) is 0 Å². The molecule has 1 aliphatic heterocycles. The van der Waals surface area contributed by atoms with E-state index in [0.29, 0.717) is 19.4 Å². The quantitative estimate of drug-likeness (QED) is 0.733. The van der Waals surface area contributed by atoms with Gasteiger partial charge in [0.1, 0.15) is 6.04 Å². The summed E-state index contributed by atoms with van der Waals surface area (Å²) in [4.78, 5) is 25.1. The highest BCUT2D eigenvalue weighted by Gasteiger charge is 2.38. The molecule has 5 nitrogen and oxygen atoms in total. The molecule has 4 N–H and O–H groups in total. The summed E-state index contributed by atoms with van der Waals surface area (Å²) in [6, 6.07) is -0.417. The van der Waals surface area contributed by atoms with Crippen LogP contribution in [0.15, 0.2) is 0 Å². The van der Waals surface area contributed by atoms with Crippen molar-refractivity contribution in [3.63, 3.8) is 0 Å². The molecule has 1 saturated carbocycles. The van der Waals surface area contributed by atoms with E-state index >= 15 is 0 Å². The third-order valence-corrected chi connectivity index (χ3v) is 4.00. The van der Waals surface area contributed by atoms with E-state index < -0.39 is 11.9 Å². The van der Waals surface area contributed by atoms with Gasteiger partial charge in [0.25, 0.3) is 0 Å². The molecule has 17 heavy (non-hydrogen) atoms. The molecule has 0 radical (unpaired) electrons. The van der Waals surface area contributed by atoms with Gasteiger partial charge in [-0.25, -0.2) is 0 Å². The Balaban J connectivity index is 1.98. The molecule has 1 unspecified atom stereocenters. The van der Waals surface area contributed by atoms with Gasteiger partial charge in [-0.2, -0.15) is 0 Å². The summed E-state index contributed by atoms with van der Waals surface area (Å²) in [6.07, 6.45) is 5.89. The first-order valence-corrected chi connectivity index (χ1v) is 6.39. The van der Waals surface area contributed by atoms with Gasteiger partial charge in [0.2, 0.25) is 11.8 Å². The highest BCUT2D eigenvalue weighted by atomic mass is 16.2. The molecule has 1 saturated heterocycles. The number of likely N-dealkylation sites (tertiary alicyclic amines) is 1. The van der Waals surface area contributed by atoms with Crippen LogP contribution in [0, 0.1) is 0 Å². The summed E-state index contributed by atoms with van der Waals surface area (Å²) in [7, 11) is 0. The Labute approximate surface area is 102 Å². The molecule has 5 heteroatoms. The molecule has 1 aliphatic carbocycles. The third kappa shape index (κ3) is 2.60. The average Bonchev–Trinajstić information content (AvgIpc) is 2.26. The molecule has 2 aliphatic rings. The Kier molecular flexibility index (Phi) is 3.38. The first-order valence-electron chi connectivity index (χ1n) is 6.39. The van der Waals surface area contributed by atoms with E-state index in [2.05, 4.69) is 0 Å². The van der Waals surface area contributed by atoms with Gasteiger partial charge >= 0.3 is 0 Å². The van der Waals surface area contributed by atoms with Crippen molar-refractivity contribution >= 4 is 11.8 Å². The second-order valence-corrected chi connectivity index (χ2v) is 5.39. The van der Waals surface area contributed by atoms with Crippen molar-refractivity contribution in [3.8, 4) is 0 Å². The molecule has 0 spiro atoms. The second-order valence-electron chi connectivity index (χ2n) is 5.39. The average molecular weight is 239 g/mol. The first kappa shape index (κ1) is 12.4. The van der Waals surface area contributed by atoms with Crippen molar-refractivity contribution < 1.29 is 9.59 Å². The zero-order chi connectivity index (χ0) is 12.5. The number of primary amides is 1. The molecule has 1 atom stereocenters. The van der Waals surface area contributed by atoms with Gasteiger partial charge in [-0.15, -0.1) is 0 Å². The smallest absolute Gasteiger partial charge is 0.240 e. The van der Waals surface area contributed by atoms with Crippen LogP contribution in [0.5, 0.6) is 0 Å². The molecule has 0 aromatic carbocycles. The molecule has 0 aromatic rings. The van der Waals surface area contributed by atoms with E-state index in [9.17, 15) is 9.59 Å². The number of hydrogen-bond donors (Lipinski definition) is 2. The predicted octanol–water partition coefficient (Wildman–Crippen LogP) is 0.124. The van der Waals surface area contributed by atoms with Crippen LogP contribution in [0.2, 0.25) is 0 Å². The summed E-state index contributed by atoms with van der Waals surface area (Å²) in [5.74, 6) is -0.395. The van der Waals surface area contributed by atoms with Gasteiger partial charge < -0.3 is 16.4 Å². The van der Waals surface area contributed by atoms with Crippen LogP contribution in [0.4, 0.5) is 0 Å². The highest BCUT2D eigenvalue weighted by Crippen LogP contribution is 2.33. The maximum Gasteiger partial charge on any atom is 0.240 e. The summed E-state index contributed by atoms with van der Waals surface area (Å²) in [5.41, 5.74) is 11.1. The topological polar surface area (TPSA) is 89.4 Å². The Hall–Kier alpha value is -1.10. The molecular formula is C12H21N3O2. The zero-order valence-corrected chi connectivity index (χ0v) is 10.2. The van der Waals surface area contributed by atoms with E-state index in [-0.39, 0.29) is 11.4 Å². The Morgan fingerprint density at radius 2 is 1.94 bits per heavy atom. The van der Waals surface area contributed by atoms with Gasteiger partial charge in [-0.1, -0.05) is 0 Å². The number of rotatable bonds is 3. The van der Waals surface area contributed by atoms with E-state index in [1.54, 1.807) is 4.90 Å². The first-order chi connectivity index (χ1) is 8.02. The maximum atomic E-state index is 12.2. The van der Waals surface area contributed by atoms with Crippen molar-refractivity contribution in [2.45, 2.75) is 56.5 Å². The fourth-order valence-electron chi connectivity index (χ4n) is 2.74.